The van der Waals surface area contributed by atoms with Gasteiger partial charge in [0, 0.05) is 23.2 Å². The minimum absolute atomic E-state index is 0.144. The fourth-order valence-electron chi connectivity index (χ4n) is 3.33. The Morgan fingerprint density at radius 1 is 0.931 bits per heavy atom. The Hall–Kier alpha value is -3.73. The number of nitrogens with zero attached hydrogens (tertiary/aromatic N) is 3. The molecule has 5 nitrogen and oxygen atoms in total. The van der Waals surface area contributed by atoms with E-state index in [4.69, 9.17) is 0 Å². The topological polar surface area (TPSA) is 67.5 Å². The lowest BCUT2D eigenvalue weighted by atomic mass is 10.1. The van der Waals surface area contributed by atoms with Gasteiger partial charge in [-0.15, -0.1) is 0 Å². The monoisotopic (exact) mass is 383 g/mol. The molecule has 0 bridgehead atoms. The van der Waals surface area contributed by atoms with Gasteiger partial charge in [-0.3, -0.25) is 4.79 Å². The molecule has 0 aliphatic heterocycles. The van der Waals surface area contributed by atoms with E-state index in [-0.39, 0.29) is 11.4 Å². The van der Waals surface area contributed by atoms with Gasteiger partial charge < -0.3 is 5.11 Å². The third-order valence-electron chi connectivity index (χ3n) is 5.15. The Morgan fingerprint density at radius 2 is 1.69 bits per heavy atom. The third-order valence-corrected chi connectivity index (χ3v) is 5.15. The van der Waals surface area contributed by atoms with Crippen molar-refractivity contribution in [1.82, 2.24) is 9.55 Å². The number of benzene rings is 2. The highest BCUT2D eigenvalue weighted by atomic mass is 16.3. The van der Waals surface area contributed by atoms with Crippen LogP contribution in [-0.2, 0) is 0 Å². The number of hydrogen-bond acceptors (Lipinski definition) is 4. The number of fused-ring (bicyclic) bond motifs is 1. The van der Waals surface area contributed by atoms with Crippen molar-refractivity contribution in [1.29, 1.82) is 0 Å². The van der Waals surface area contributed by atoms with Gasteiger partial charge in [-0.05, 0) is 61.7 Å². The molecule has 4 rings (SSSR count). The molecule has 5 heteroatoms. The quantitative estimate of drug-likeness (QED) is 0.518. The maximum atomic E-state index is 13.2. The molecule has 144 valence electrons. The number of pyridine rings is 2. The lowest BCUT2D eigenvalue weighted by molar-refractivity contribution is 0.436. The van der Waals surface area contributed by atoms with E-state index >= 15 is 0 Å². The van der Waals surface area contributed by atoms with Crippen molar-refractivity contribution < 1.29 is 5.11 Å². The second-order valence-corrected chi connectivity index (χ2v) is 7.09. The van der Waals surface area contributed by atoms with Gasteiger partial charge >= 0.3 is 0 Å². The average Bonchev–Trinajstić information content (AvgIpc) is 2.72. The number of aromatic nitrogens is 2. The van der Waals surface area contributed by atoms with Crippen LogP contribution in [-0.4, -0.2) is 20.9 Å². The largest absolute Gasteiger partial charge is 0.494 e. The highest BCUT2D eigenvalue weighted by Crippen LogP contribution is 2.27. The van der Waals surface area contributed by atoms with Crippen LogP contribution >= 0.6 is 0 Å². The molecule has 0 fully saturated rings. The van der Waals surface area contributed by atoms with Crippen LogP contribution in [0.5, 0.6) is 5.88 Å². The minimum Gasteiger partial charge on any atom is -0.494 e. The Balaban J connectivity index is 2.00. The summed E-state index contributed by atoms with van der Waals surface area (Å²) in [6.07, 6.45) is 3.25. The van der Waals surface area contributed by atoms with Crippen LogP contribution in [0.2, 0.25) is 0 Å². The van der Waals surface area contributed by atoms with Crippen molar-refractivity contribution in [2.24, 2.45) is 4.99 Å². The minimum atomic E-state index is -0.271. The van der Waals surface area contributed by atoms with Crippen LogP contribution in [0.15, 0.2) is 70.6 Å². The van der Waals surface area contributed by atoms with Gasteiger partial charge in [0.25, 0.3) is 5.56 Å². The van der Waals surface area contributed by atoms with Gasteiger partial charge in [-0.1, -0.05) is 30.3 Å². The van der Waals surface area contributed by atoms with E-state index in [2.05, 4.69) is 9.98 Å². The molecule has 4 aromatic rings. The van der Waals surface area contributed by atoms with Gasteiger partial charge in [0.15, 0.2) is 5.82 Å². The van der Waals surface area contributed by atoms with E-state index < -0.39 is 0 Å². The molecule has 0 amide bonds. The summed E-state index contributed by atoms with van der Waals surface area (Å²) in [7, 11) is 0. The maximum Gasteiger partial charge on any atom is 0.265 e. The van der Waals surface area contributed by atoms with Crippen LogP contribution in [0.25, 0.3) is 16.5 Å². The molecule has 0 aliphatic rings. The fraction of sp³-hybridized carbons (Fsp3) is 0.125. The van der Waals surface area contributed by atoms with Crippen LogP contribution in [0, 0.1) is 20.8 Å². The average molecular weight is 383 g/mol. The van der Waals surface area contributed by atoms with Crippen LogP contribution in [0.3, 0.4) is 0 Å². The van der Waals surface area contributed by atoms with E-state index in [1.165, 1.54) is 4.57 Å². The summed E-state index contributed by atoms with van der Waals surface area (Å²) in [6.45, 7) is 5.91. The molecule has 1 N–H and O–H groups in total. The first-order chi connectivity index (χ1) is 14.0. The molecule has 0 unspecified atom stereocenters. The van der Waals surface area contributed by atoms with Gasteiger partial charge in [0.2, 0.25) is 5.88 Å². The molecular formula is C24H21N3O2. The first kappa shape index (κ1) is 18.6. The van der Waals surface area contributed by atoms with Crippen molar-refractivity contribution in [3.8, 4) is 11.6 Å². The smallest absolute Gasteiger partial charge is 0.265 e. The Labute approximate surface area is 168 Å². The van der Waals surface area contributed by atoms with Gasteiger partial charge in [0.1, 0.15) is 0 Å². The van der Waals surface area contributed by atoms with Crippen LogP contribution in [0.1, 0.15) is 22.3 Å². The summed E-state index contributed by atoms with van der Waals surface area (Å²) in [5.41, 5.74) is 3.91. The predicted octanol–water partition coefficient (Wildman–Crippen LogP) is 4.77. The number of hydrogen-bond donors (Lipinski definition) is 1. The summed E-state index contributed by atoms with van der Waals surface area (Å²) < 4.78 is 1.33. The molecular weight excluding hydrogens is 362 g/mol. The van der Waals surface area contributed by atoms with Crippen LogP contribution < -0.4 is 5.56 Å². The summed E-state index contributed by atoms with van der Waals surface area (Å²) in [4.78, 5) is 21.9. The standard InChI is InChI=1S/C24H21N3O2/c1-15-10-11-18(13-17(15)3)27-23(28)20-9-5-4-8-19(20)21(24(27)29)14-26-22-16(2)7-6-12-25-22/h4-14,29H,1-3H3/b26-14+. The van der Waals surface area contributed by atoms with Crippen molar-refractivity contribution in [2.45, 2.75) is 20.8 Å². The van der Waals surface area contributed by atoms with Crippen molar-refractivity contribution >= 4 is 22.8 Å². The van der Waals surface area contributed by atoms with Crippen molar-refractivity contribution in [3.05, 3.63) is 93.4 Å². The Bertz CT molecular complexity index is 1320. The number of aliphatic imine (C=N–C) groups is 1. The molecule has 0 spiro atoms. The number of aromatic hydroxyl groups is 1. The summed E-state index contributed by atoms with van der Waals surface area (Å²) in [6, 6.07) is 16.7. The molecule has 0 atom stereocenters. The van der Waals surface area contributed by atoms with E-state index in [1.807, 2.05) is 69.3 Å². The van der Waals surface area contributed by atoms with E-state index in [9.17, 15) is 9.90 Å². The van der Waals surface area contributed by atoms with Crippen molar-refractivity contribution in [2.75, 3.05) is 0 Å². The SMILES string of the molecule is Cc1ccc(-n2c(O)c(/C=N/c3ncccc3C)c3ccccc3c2=O)cc1C. The lowest BCUT2D eigenvalue weighted by Crippen LogP contribution is -2.20. The van der Waals surface area contributed by atoms with E-state index in [0.717, 1.165) is 16.7 Å². The van der Waals surface area contributed by atoms with Crippen molar-refractivity contribution in [3.63, 3.8) is 0 Å². The summed E-state index contributed by atoms with van der Waals surface area (Å²) in [5, 5.41) is 12.2. The maximum absolute atomic E-state index is 13.2. The van der Waals surface area contributed by atoms with Gasteiger partial charge in [-0.25, -0.2) is 14.5 Å². The second-order valence-electron chi connectivity index (χ2n) is 7.09. The molecule has 0 saturated heterocycles. The highest BCUT2D eigenvalue weighted by Gasteiger charge is 2.16. The normalized spacial score (nSPS) is 11.4. The molecule has 0 radical (unpaired) electrons. The second kappa shape index (κ2) is 7.36. The zero-order valence-electron chi connectivity index (χ0n) is 16.5. The van der Waals surface area contributed by atoms with Gasteiger partial charge in [-0.2, -0.15) is 0 Å². The zero-order valence-corrected chi connectivity index (χ0v) is 16.5. The number of aryl methyl sites for hydroxylation is 3. The molecule has 29 heavy (non-hydrogen) atoms. The summed E-state index contributed by atoms with van der Waals surface area (Å²) >= 11 is 0. The van der Waals surface area contributed by atoms with E-state index in [1.54, 1.807) is 18.5 Å². The Kier molecular flexibility index (Phi) is 4.72. The zero-order chi connectivity index (χ0) is 20.5. The molecule has 0 aliphatic carbocycles. The molecule has 2 aromatic carbocycles. The Morgan fingerprint density at radius 3 is 2.41 bits per heavy atom. The van der Waals surface area contributed by atoms with Crippen LogP contribution in [0.4, 0.5) is 5.82 Å². The fourth-order valence-corrected chi connectivity index (χ4v) is 3.33. The molecule has 2 heterocycles. The lowest BCUT2D eigenvalue weighted by Gasteiger charge is -2.14. The molecule has 0 saturated carbocycles. The molecule has 2 aromatic heterocycles. The third kappa shape index (κ3) is 3.31. The van der Waals surface area contributed by atoms with E-state index in [0.29, 0.717) is 27.8 Å². The highest BCUT2D eigenvalue weighted by molar-refractivity contribution is 6.02. The van der Waals surface area contributed by atoms with Gasteiger partial charge in [0.05, 0.1) is 11.3 Å². The summed E-state index contributed by atoms with van der Waals surface area (Å²) in [5.74, 6) is 0.425. The predicted molar refractivity (Wildman–Crippen MR) is 117 cm³/mol. The first-order valence-electron chi connectivity index (χ1n) is 9.37. The number of rotatable bonds is 3. The first-order valence-corrected chi connectivity index (χ1v) is 9.37.